The van der Waals surface area contributed by atoms with E-state index in [1.165, 1.54) is 68.4 Å². The van der Waals surface area contributed by atoms with Crippen LogP contribution < -0.4 is 0 Å². The number of hydrogen-bond donors (Lipinski definition) is 0. The monoisotopic (exact) mass is 1590 g/mol. The fourth-order valence-corrected chi connectivity index (χ4v) is 9.75. The van der Waals surface area contributed by atoms with Crippen molar-refractivity contribution in [2.75, 3.05) is 13.1 Å². The van der Waals surface area contributed by atoms with Crippen molar-refractivity contribution in [2.24, 2.45) is 41.6 Å². The van der Waals surface area contributed by atoms with Crippen LogP contribution in [-0.2, 0) is 37.9 Å². The summed E-state index contributed by atoms with van der Waals surface area (Å²) >= 11 is 4.75. The van der Waals surface area contributed by atoms with E-state index in [1.54, 1.807) is 48.8 Å². The van der Waals surface area contributed by atoms with Gasteiger partial charge in [-0.3, -0.25) is 20.0 Å². The van der Waals surface area contributed by atoms with Crippen molar-refractivity contribution in [2.45, 2.75) is 361 Å². The normalized spacial score (nSPS) is 12.8. The Kier molecular flexibility index (Phi) is 65.3. The lowest BCUT2D eigenvalue weighted by molar-refractivity contribution is 0.392. The number of thiazole rings is 1. The lowest BCUT2D eigenvalue weighted by Crippen LogP contribution is -2.17. The van der Waals surface area contributed by atoms with Gasteiger partial charge in [0.05, 0.1) is 47.6 Å². The topological polar surface area (TPSA) is 192 Å². The highest BCUT2D eigenvalue weighted by atomic mass is 32.1. The number of oxazole rings is 2. The summed E-state index contributed by atoms with van der Waals surface area (Å²) in [5, 5.41) is 14.8. The molecule has 7 aromatic heterocycles. The summed E-state index contributed by atoms with van der Waals surface area (Å²) in [6, 6.07) is 3.96. The van der Waals surface area contributed by atoms with Gasteiger partial charge in [-0.25, -0.2) is 19.3 Å². The van der Waals surface area contributed by atoms with Gasteiger partial charge in [0.2, 0.25) is 0 Å². The first kappa shape index (κ1) is 127. The number of aliphatic imine (C=N–C) groups is 4. The van der Waals surface area contributed by atoms with Gasteiger partial charge in [0.15, 0.2) is 12.3 Å². The molecule has 110 heavy (non-hydrogen) atoms. The Morgan fingerprint density at radius 1 is 0.455 bits per heavy atom. The summed E-state index contributed by atoms with van der Waals surface area (Å²) in [6.07, 6.45) is 33.8. The van der Waals surface area contributed by atoms with Gasteiger partial charge >= 0.3 is 0 Å². The first-order valence-corrected chi connectivity index (χ1v) is 36.9. The Labute approximate surface area is 692 Å². The highest BCUT2D eigenvalue weighted by Gasteiger charge is 2.23. The molecule has 0 aromatic carbocycles. The lowest BCUT2D eigenvalue weighted by Gasteiger charge is -2.17. The largest absolute Gasteiger partial charge is 0.451 e. The van der Waals surface area contributed by atoms with Crippen LogP contribution in [-0.4, -0.2) is 71.0 Å². The van der Waals surface area contributed by atoms with E-state index < -0.39 is 0 Å². The third-order valence-electron chi connectivity index (χ3n) is 14.2. The van der Waals surface area contributed by atoms with Crippen molar-refractivity contribution in [3.8, 4) is 0 Å². The van der Waals surface area contributed by atoms with Crippen molar-refractivity contribution < 1.29 is 17.9 Å². The Morgan fingerprint density at radius 3 is 1.23 bits per heavy atom. The molecular weight excluding hydrogens is 1420 g/mol. The molecule has 11 rings (SSSR count). The summed E-state index contributed by atoms with van der Waals surface area (Å²) < 4.78 is 27.6. The predicted octanol–water partition coefficient (Wildman–Crippen LogP) is 31.1. The first-order valence-electron chi connectivity index (χ1n) is 34.3. The summed E-state index contributed by atoms with van der Waals surface area (Å²) in [5.41, 5.74) is 13.0. The zero-order valence-corrected chi connectivity index (χ0v) is 69.8. The minimum Gasteiger partial charge on any atom is -0.451 e. The molecule has 0 aliphatic carbocycles. The minimum absolute atomic E-state index is 0. The van der Waals surface area contributed by atoms with E-state index in [9.17, 15) is 0 Å². The zero-order valence-electron chi connectivity index (χ0n) is 67.3. The SMILES string of the molecule is C.C.C.C.C.C.C.C.C.C.C.CC(C)(C)C1=CCC=N1.CC(C)(C)C1=CCN=C1.CC(C)(C)C1=NC=CC1.CC(C)(C)C1=NCC=C1.CC(C)(C)c1ccon1.CC(C)(C)c1ccsn1.CC(C)(C)c1cnoc1.CC(C)(C)c1cnsc1.CC(C)(C)c1cocn1.CC(C)(C)c1ncco1.CC(C)(C)c1nccs1. The molecule has 0 fully saturated rings. The van der Waals surface area contributed by atoms with Crippen LogP contribution in [0.1, 0.15) is 362 Å². The van der Waals surface area contributed by atoms with Gasteiger partial charge in [-0.15, -0.1) is 11.3 Å². The molecule has 0 saturated heterocycles. The number of allylic oxidation sites excluding steroid dienone is 5. The van der Waals surface area contributed by atoms with Crippen LogP contribution in [0.15, 0.2) is 170 Å². The van der Waals surface area contributed by atoms with Crippen molar-refractivity contribution in [1.82, 2.24) is 34.0 Å². The Hall–Kier alpha value is -6.63. The molecule has 4 aliphatic heterocycles. The molecule has 0 bridgehead atoms. The van der Waals surface area contributed by atoms with Crippen molar-refractivity contribution in [3.05, 3.63) is 171 Å². The fraction of sp³-hybridized carbons (Fsp3) is 0.641. The maximum atomic E-state index is 5.09. The van der Waals surface area contributed by atoms with Gasteiger partial charge in [0.25, 0.3) is 0 Å². The average Bonchev–Trinajstić information content (AvgIpc) is 1.88. The van der Waals surface area contributed by atoms with E-state index in [2.05, 4.69) is 324 Å². The molecule has 0 spiro atoms. The molecule has 4 aliphatic rings. The second-order valence-corrected chi connectivity index (χ2v) is 37.7. The van der Waals surface area contributed by atoms with E-state index in [-0.39, 0.29) is 136 Å². The van der Waals surface area contributed by atoms with Crippen LogP contribution in [0.2, 0.25) is 0 Å². The molecule has 0 N–H and O–H groups in total. The fourth-order valence-electron chi connectivity index (χ4n) is 7.56. The van der Waals surface area contributed by atoms with Crippen molar-refractivity contribution >= 4 is 58.3 Å². The number of nitrogens with zero attached hydrogens (tertiary/aromatic N) is 11. The second kappa shape index (κ2) is 56.6. The number of aromatic nitrogens is 7. The minimum atomic E-state index is 0. The zero-order chi connectivity index (χ0) is 76.0. The van der Waals surface area contributed by atoms with E-state index in [4.69, 9.17) is 17.9 Å². The Bertz CT molecular complexity index is 2940. The van der Waals surface area contributed by atoms with Gasteiger partial charge in [-0.1, -0.05) is 345 Å². The highest BCUT2D eigenvalue weighted by Crippen LogP contribution is 2.30. The molecule has 11 heterocycles. The van der Waals surface area contributed by atoms with Crippen molar-refractivity contribution in [3.63, 3.8) is 0 Å². The third kappa shape index (κ3) is 54.9. The third-order valence-corrected chi connectivity index (χ3v) is 16.6. The van der Waals surface area contributed by atoms with Crippen LogP contribution in [0.25, 0.3) is 0 Å². The quantitative estimate of drug-likeness (QED) is 0.140. The lowest BCUT2D eigenvalue weighted by atomic mass is 9.88. The van der Waals surface area contributed by atoms with E-state index in [0.29, 0.717) is 5.41 Å². The number of rotatable bonds is 0. The predicted molar refractivity (Wildman–Crippen MR) is 500 cm³/mol. The Balaban J connectivity index is -0.000000108. The molecule has 0 saturated carbocycles. The average molecular weight is 1590 g/mol. The summed E-state index contributed by atoms with van der Waals surface area (Å²) in [6.45, 7) is 72.8. The highest BCUT2D eigenvalue weighted by molar-refractivity contribution is 7.09. The maximum absolute atomic E-state index is 5.09. The maximum Gasteiger partial charge on any atom is 0.199 e. The summed E-state index contributed by atoms with van der Waals surface area (Å²) in [7, 11) is 0. The molecule has 638 valence electrons. The Morgan fingerprint density at radius 2 is 1.03 bits per heavy atom. The van der Waals surface area contributed by atoms with Crippen LogP contribution in [0.3, 0.4) is 0 Å². The van der Waals surface area contributed by atoms with Crippen LogP contribution >= 0.6 is 34.4 Å². The van der Waals surface area contributed by atoms with Gasteiger partial charge in [0.1, 0.15) is 25.1 Å². The smallest absolute Gasteiger partial charge is 0.199 e. The second-order valence-electron chi connectivity index (χ2n) is 35.5. The molecule has 7 aromatic rings. The summed E-state index contributed by atoms with van der Waals surface area (Å²) in [4.78, 5) is 29.2. The molecule has 0 unspecified atom stereocenters. The summed E-state index contributed by atoms with van der Waals surface area (Å²) in [5.74, 6) is 0.794. The molecule has 18 heteroatoms. The van der Waals surface area contributed by atoms with E-state index in [1.807, 2.05) is 47.8 Å². The van der Waals surface area contributed by atoms with Crippen LogP contribution in [0, 0.1) is 21.7 Å². The molecule has 0 radical (unpaired) electrons. The standard InChI is InChI=1S/4C8H13N.4C7H11NO.3C7H11NS.11CH4/c1-8(2,3)7-4-5-9-6-7;3*1-8(2,3)7-5-4-6-9-7;1-7(2,3)6-4-9-5-8-6;1-7(2,3)6-4-8-9-5-6;1-7(2,3)6-8-4-5-9-6;1-7(2,3)6-4-5-9-8-6;1-7(2,3)6-4-8-9-5-6;1-7(2,3)6-8-4-5-9-6;1-7(2,3)6-4-5-9-8-6;;;;;;;;;;;/h4,6H,5H2,1-3H3;5-6H,4H2,1-3H3;4,6H,5H2,1-3H3;4-5H,6H2,1-3H3;7*4-5H,1-3H3;11*1H4. The molecule has 15 nitrogen and oxygen atoms in total. The van der Waals surface area contributed by atoms with Crippen LogP contribution in [0.5, 0.6) is 0 Å². The van der Waals surface area contributed by atoms with E-state index >= 15 is 0 Å². The van der Waals surface area contributed by atoms with Gasteiger partial charge in [-0.2, -0.15) is 4.37 Å². The molecule has 0 amide bonds. The number of hydrogen-bond acceptors (Lipinski definition) is 18. The van der Waals surface area contributed by atoms with Crippen LogP contribution in [0.4, 0.5) is 0 Å². The molecule has 0 atom stereocenters. The molecular formula is C92H173N11O4S3. The van der Waals surface area contributed by atoms with Gasteiger partial charge < -0.3 is 17.9 Å². The van der Waals surface area contributed by atoms with Gasteiger partial charge in [0, 0.05) is 132 Å². The van der Waals surface area contributed by atoms with Gasteiger partial charge in [-0.05, 0) is 62.6 Å². The first-order chi connectivity index (χ1) is 45.2. The van der Waals surface area contributed by atoms with E-state index in [0.717, 1.165) is 48.8 Å². The van der Waals surface area contributed by atoms with Crippen molar-refractivity contribution in [1.29, 1.82) is 0 Å².